The Morgan fingerprint density at radius 2 is 2.15 bits per heavy atom. The molecule has 0 bridgehead atoms. The third-order valence-electron chi connectivity index (χ3n) is 1.90. The van der Waals surface area contributed by atoms with Gasteiger partial charge in [0.2, 0.25) is 5.91 Å². The smallest absolute Gasteiger partial charge is 0.236 e. The van der Waals surface area contributed by atoms with E-state index in [9.17, 15) is 4.79 Å². The summed E-state index contributed by atoms with van der Waals surface area (Å²) in [6.07, 6.45) is 1.76. The Balaban J connectivity index is 3.02. The Hall–Kier alpha value is -1.09. The van der Waals surface area contributed by atoms with Gasteiger partial charge in [-0.05, 0) is 12.1 Å². The molecule has 0 unspecified atom stereocenters. The van der Waals surface area contributed by atoms with Crippen molar-refractivity contribution in [1.29, 1.82) is 0 Å². The van der Waals surface area contributed by atoms with E-state index in [-0.39, 0.29) is 11.3 Å². The van der Waals surface area contributed by atoms with Crippen LogP contribution in [-0.4, -0.2) is 10.5 Å². The van der Waals surface area contributed by atoms with E-state index in [0.717, 1.165) is 5.69 Å². The molecule has 1 aromatic rings. The van der Waals surface area contributed by atoms with Gasteiger partial charge in [-0.3, -0.25) is 9.36 Å². The molecule has 0 amide bonds. The Labute approximate surface area is 78.5 Å². The van der Waals surface area contributed by atoms with Gasteiger partial charge in [-0.15, -0.1) is 0 Å². The van der Waals surface area contributed by atoms with Crippen LogP contribution in [-0.2, 0) is 6.54 Å². The Morgan fingerprint density at radius 3 is 2.62 bits per heavy atom. The second-order valence-electron chi connectivity index (χ2n) is 4.13. The molecule has 0 fully saturated rings. The summed E-state index contributed by atoms with van der Waals surface area (Å²) in [4.78, 5) is 11.8. The van der Waals surface area contributed by atoms with Crippen LogP contribution < -0.4 is 5.73 Å². The van der Waals surface area contributed by atoms with Gasteiger partial charge in [0.25, 0.3) is 0 Å². The summed E-state index contributed by atoms with van der Waals surface area (Å²) >= 11 is 0. The summed E-state index contributed by atoms with van der Waals surface area (Å²) < 4.78 is 1.62. The molecule has 1 rings (SSSR count). The summed E-state index contributed by atoms with van der Waals surface area (Å²) in [7, 11) is 0. The van der Waals surface area contributed by atoms with Crippen LogP contribution in [0.25, 0.3) is 0 Å². The molecule has 0 aliphatic rings. The zero-order chi connectivity index (χ0) is 10.1. The summed E-state index contributed by atoms with van der Waals surface area (Å²) in [5.74, 6) is 0.0814. The third kappa shape index (κ3) is 1.98. The number of nitrogens with zero attached hydrogens (tertiary/aromatic N) is 1. The largest absolute Gasteiger partial charge is 0.325 e. The van der Waals surface area contributed by atoms with Crippen LogP contribution >= 0.6 is 0 Å². The first-order valence-electron chi connectivity index (χ1n) is 4.38. The summed E-state index contributed by atoms with van der Waals surface area (Å²) in [6, 6.07) is 3.70. The average molecular weight is 180 g/mol. The number of aromatic nitrogens is 1. The van der Waals surface area contributed by atoms with Crippen molar-refractivity contribution in [2.45, 2.75) is 27.3 Å². The first kappa shape index (κ1) is 9.99. The minimum atomic E-state index is -0.358. The van der Waals surface area contributed by atoms with Gasteiger partial charge >= 0.3 is 0 Å². The fraction of sp³-hybridized carbons (Fsp3) is 0.500. The van der Waals surface area contributed by atoms with Gasteiger partial charge in [-0.25, -0.2) is 0 Å². The van der Waals surface area contributed by atoms with E-state index in [1.807, 2.05) is 32.9 Å². The van der Waals surface area contributed by atoms with Gasteiger partial charge in [-0.1, -0.05) is 20.8 Å². The van der Waals surface area contributed by atoms with Crippen LogP contribution in [0.2, 0.25) is 0 Å². The van der Waals surface area contributed by atoms with Gasteiger partial charge in [0.1, 0.15) is 0 Å². The molecule has 3 nitrogen and oxygen atoms in total. The molecule has 0 aliphatic carbocycles. The maximum Gasteiger partial charge on any atom is 0.236 e. The average Bonchev–Trinajstić information content (AvgIpc) is 2.48. The van der Waals surface area contributed by atoms with Crippen molar-refractivity contribution in [2.75, 3.05) is 0 Å². The van der Waals surface area contributed by atoms with Gasteiger partial charge in [0, 0.05) is 23.9 Å². The predicted octanol–water partition coefficient (Wildman–Crippen LogP) is 1.63. The molecule has 72 valence electrons. The first-order chi connectivity index (χ1) is 5.96. The first-order valence-corrected chi connectivity index (χ1v) is 4.38. The van der Waals surface area contributed by atoms with E-state index in [0.29, 0.717) is 6.54 Å². The van der Waals surface area contributed by atoms with E-state index >= 15 is 0 Å². The normalized spacial score (nSPS) is 11.7. The fourth-order valence-electron chi connectivity index (χ4n) is 1.14. The second-order valence-corrected chi connectivity index (χ2v) is 4.13. The number of carbonyl (C=O) groups is 1. The van der Waals surface area contributed by atoms with Crippen molar-refractivity contribution < 1.29 is 4.79 Å². The highest BCUT2D eigenvalue weighted by atomic mass is 16.2. The minimum Gasteiger partial charge on any atom is -0.325 e. The molecule has 0 saturated carbocycles. The molecule has 1 aromatic heterocycles. The SMILES string of the molecule is CC(C)(C)C(=O)n1cccc1CN. The summed E-state index contributed by atoms with van der Waals surface area (Å²) in [6.45, 7) is 6.09. The van der Waals surface area contributed by atoms with Crippen molar-refractivity contribution in [2.24, 2.45) is 11.1 Å². The molecule has 2 N–H and O–H groups in total. The van der Waals surface area contributed by atoms with E-state index in [4.69, 9.17) is 5.73 Å². The lowest BCUT2D eigenvalue weighted by Gasteiger charge is -2.18. The van der Waals surface area contributed by atoms with Crippen molar-refractivity contribution in [3.8, 4) is 0 Å². The number of rotatable bonds is 1. The van der Waals surface area contributed by atoms with E-state index in [2.05, 4.69) is 0 Å². The van der Waals surface area contributed by atoms with Crippen LogP contribution in [0, 0.1) is 5.41 Å². The highest BCUT2D eigenvalue weighted by Gasteiger charge is 2.23. The number of carbonyl (C=O) groups excluding carboxylic acids is 1. The van der Waals surface area contributed by atoms with E-state index < -0.39 is 0 Å². The molecule has 0 saturated heterocycles. The van der Waals surface area contributed by atoms with E-state index in [1.54, 1.807) is 10.8 Å². The molecular formula is C10H16N2O. The zero-order valence-electron chi connectivity index (χ0n) is 8.37. The second kappa shape index (κ2) is 3.34. The predicted molar refractivity (Wildman–Crippen MR) is 52.4 cm³/mol. The molecule has 0 radical (unpaired) electrons. The molecular weight excluding hydrogens is 164 g/mol. The van der Waals surface area contributed by atoms with Crippen LogP contribution in [0.3, 0.4) is 0 Å². The molecule has 1 heterocycles. The number of nitrogens with two attached hydrogens (primary N) is 1. The molecule has 13 heavy (non-hydrogen) atoms. The quantitative estimate of drug-likeness (QED) is 0.714. The van der Waals surface area contributed by atoms with Crippen LogP contribution in [0.15, 0.2) is 18.3 Å². The summed E-state index contributed by atoms with van der Waals surface area (Å²) in [5, 5.41) is 0. The Kier molecular flexibility index (Phi) is 2.57. The lowest BCUT2D eigenvalue weighted by Crippen LogP contribution is -2.28. The summed E-state index contributed by atoms with van der Waals surface area (Å²) in [5.41, 5.74) is 6.01. The van der Waals surface area contributed by atoms with Gasteiger partial charge in [0.15, 0.2) is 0 Å². The van der Waals surface area contributed by atoms with Gasteiger partial charge in [0.05, 0.1) is 0 Å². The maximum absolute atomic E-state index is 11.8. The van der Waals surface area contributed by atoms with Crippen molar-refractivity contribution in [1.82, 2.24) is 4.57 Å². The lowest BCUT2D eigenvalue weighted by molar-refractivity contribution is 0.0763. The molecule has 0 atom stereocenters. The van der Waals surface area contributed by atoms with Gasteiger partial charge in [-0.2, -0.15) is 0 Å². The zero-order valence-corrected chi connectivity index (χ0v) is 8.37. The highest BCUT2D eigenvalue weighted by molar-refractivity contribution is 5.84. The van der Waals surface area contributed by atoms with Crippen LogP contribution in [0.4, 0.5) is 0 Å². The van der Waals surface area contributed by atoms with Crippen LogP contribution in [0.1, 0.15) is 31.3 Å². The third-order valence-corrected chi connectivity index (χ3v) is 1.90. The van der Waals surface area contributed by atoms with Crippen molar-refractivity contribution in [3.05, 3.63) is 24.0 Å². The van der Waals surface area contributed by atoms with Crippen molar-refractivity contribution >= 4 is 5.91 Å². The standard InChI is InChI=1S/C10H16N2O/c1-10(2,3)9(13)12-6-4-5-8(12)7-11/h4-6H,7,11H2,1-3H3. The van der Waals surface area contributed by atoms with Crippen LogP contribution in [0.5, 0.6) is 0 Å². The molecule has 0 aromatic carbocycles. The lowest BCUT2D eigenvalue weighted by atomic mass is 9.95. The Morgan fingerprint density at radius 1 is 1.54 bits per heavy atom. The topological polar surface area (TPSA) is 48.0 Å². The minimum absolute atomic E-state index is 0.0814. The Bertz CT molecular complexity index is 307. The van der Waals surface area contributed by atoms with E-state index in [1.165, 1.54) is 0 Å². The molecule has 3 heteroatoms. The van der Waals surface area contributed by atoms with Gasteiger partial charge < -0.3 is 5.73 Å². The molecule has 0 aliphatic heterocycles. The molecule has 0 spiro atoms. The highest BCUT2D eigenvalue weighted by Crippen LogP contribution is 2.17. The fourth-order valence-corrected chi connectivity index (χ4v) is 1.14. The monoisotopic (exact) mass is 180 g/mol. The number of hydrogen-bond donors (Lipinski definition) is 1. The number of hydrogen-bond acceptors (Lipinski definition) is 2. The van der Waals surface area contributed by atoms with Crippen molar-refractivity contribution in [3.63, 3.8) is 0 Å². The maximum atomic E-state index is 11.8.